The van der Waals surface area contributed by atoms with E-state index in [-0.39, 0.29) is 12.4 Å². The first-order chi connectivity index (χ1) is 5.66. The summed E-state index contributed by atoms with van der Waals surface area (Å²) in [6.07, 6.45) is 1.01. The van der Waals surface area contributed by atoms with Crippen LogP contribution >= 0.6 is 0 Å². The second-order valence-electron chi connectivity index (χ2n) is 3.15. The normalized spacial score (nSPS) is 28.8. The van der Waals surface area contributed by atoms with E-state index in [4.69, 9.17) is 15.2 Å². The molecule has 0 aromatic carbocycles. The Morgan fingerprint density at radius 1 is 1.75 bits per heavy atom. The summed E-state index contributed by atoms with van der Waals surface area (Å²) in [5.41, 5.74) is 5.38. The number of nitrogens with two attached hydrogens (primary N) is 1. The number of hydrogen-bond donors (Lipinski definition) is 1. The molecule has 4 nitrogen and oxygen atoms in total. The highest BCUT2D eigenvalue weighted by atomic mass is 16.5. The molecule has 4 heteroatoms. The Balaban J connectivity index is 2.33. The quantitative estimate of drug-likeness (QED) is 0.613. The largest absolute Gasteiger partial charge is 0.466 e. The number of ether oxygens (including phenoxy) is 2. The summed E-state index contributed by atoms with van der Waals surface area (Å²) in [6, 6.07) is 0. The summed E-state index contributed by atoms with van der Waals surface area (Å²) in [5, 5.41) is 0. The minimum atomic E-state index is -0.480. The van der Waals surface area contributed by atoms with Crippen LogP contribution in [0.3, 0.4) is 0 Å². The molecule has 0 radical (unpaired) electrons. The van der Waals surface area contributed by atoms with Crippen molar-refractivity contribution in [1.29, 1.82) is 0 Å². The highest BCUT2D eigenvalue weighted by molar-refractivity contribution is 5.70. The number of esters is 1. The van der Waals surface area contributed by atoms with Crippen LogP contribution in [-0.4, -0.2) is 31.3 Å². The molecule has 1 unspecified atom stereocenters. The van der Waals surface area contributed by atoms with Crippen LogP contribution < -0.4 is 5.73 Å². The van der Waals surface area contributed by atoms with Crippen molar-refractivity contribution < 1.29 is 14.3 Å². The van der Waals surface area contributed by atoms with E-state index in [1.165, 1.54) is 0 Å². The van der Waals surface area contributed by atoms with Crippen molar-refractivity contribution >= 4 is 5.97 Å². The lowest BCUT2D eigenvalue weighted by Crippen LogP contribution is -2.42. The van der Waals surface area contributed by atoms with Crippen LogP contribution in [0.4, 0.5) is 0 Å². The maximum absolute atomic E-state index is 11.0. The van der Waals surface area contributed by atoms with Crippen molar-refractivity contribution in [3.05, 3.63) is 0 Å². The van der Waals surface area contributed by atoms with Crippen LogP contribution in [0.1, 0.15) is 19.8 Å². The Hall–Kier alpha value is -0.610. The molecule has 0 aromatic heterocycles. The molecular weight excluding hydrogens is 158 g/mol. The molecule has 2 N–H and O–H groups in total. The van der Waals surface area contributed by atoms with Crippen molar-refractivity contribution in [2.75, 3.05) is 19.8 Å². The van der Waals surface area contributed by atoms with Gasteiger partial charge in [-0.05, 0) is 13.3 Å². The maximum atomic E-state index is 11.0. The molecule has 70 valence electrons. The highest BCUT2D eigenvalue weighted by Crippen LogP contribution is 2.19. The molecule has 0 spiro atoms. The zero-order valence-electron chi connectivity index (χ0n) is 7.34. The second-order valence-corrected chi connectivity index (χ2v) is 3.15. The Morgan fingerprint density at radius 2 is 2.50 bits per heavy atom. The van der Waals surface area contributed by atoms with Gasteiger partial charge < -0.3 is 15.2 Å². The van der Waals surface area contributed by atoms with Gasteiger partial charge in [0, 0.05) is 6.61 Å². The molecule has 0 bridgehead atoms. The van der Waals surface area contributed by atoms with Gasteiger partial charge in [-0.25, -0.2) is 0 Å². The third kappa shape index (κ3) is 2.46. The first kappa shape index (κ1) is 9.48. The summed E-state index contributed by atoms with van der Waals surface area (Å²) in [7, 11) is 0. The van der Waals surface area contributed by atoms with Gasteiger partial charge in [0.1, 0.15) is 0 Å². The van der Waals surface area contributed by atoms with E-state index in [9.17, 15) is 4.79 Å². The third-order valence-electron chi connectivity index (χ3n) is 1.94. The lowest BCUT2D eigenvalue weighted by Gasteiger charge is -2.19. The Labute approximate surface area is 72.0 Å². The van der Waals surface area contributed by atoms with E-state index in [0.717, 1.165) is 6.42 Å². The van der Waals surface area contributed by atoms with E-state index in [1.54, 1.807) is 6.92 Å². The number of rotatable bonds is 3. The molecule has 12 heavy (non-hydrogen) atoms. The Morgan fingerprint density at radius 3 is 3.00 bits per heavy atom. The molecular formula is C8H15NO3. The zero-order valence-corrected chi connectivity index (χ0v) is 7.34. The van der Waals surface area contributed by atoms with Crippen molar-refractivity contribution in [3.8, 4) is 0 Å². The Bertz CT molecular complexity index is 164. The van der Waals surface area contributed by atoms with Gasteiger partial charge in [-0.1, -0.05) is 0 Å². The van der Waals surface area contributed by atoms with Gasteiger partial charge in [0.15, 0.2) is 0 Å². The van der Waals surface area contributed by atoms with Crippen LogP contribution in [0.5, 0.6) is 0 Å². The molecule has 0 amide bonds. The van der Waals surface area contributed by atoms with Crippen LogP contribution in [0.2, 0.25) is 0 Å². The van der Waals surface area contributed by atoms with Gasteiger partial charge in [-0.3, -0.25) is 4.79 Å². The topological polar surface area (TPSA) is 61.5 Å². The second kappa shape index (κ2) is 3.87. The van der Waals surface area contributed by atoms with Crippen LogP contribution in [0.25, 0.3) is 0 Å². The molecule has 1 aliphatic rings. The van der Waals surface area contributed by atoms with Crippen LogP contribution in [0, 0.1) is 0 Å². The lowest BCUT2D eigenvalue weighted by molar-refractivity contribution is -0.144. The number of carbonyl (C=O) groups is 1. The summed E-state index contributed by atoms with van der Waals surface area (Å²) in [5.74, 6) is -0.231. The van der Waals surface area contributed by atoms with Gasteiger partial charge in [-0.15, -0.1) is 0 Å². The number of hydrogen-bond acceptors (Lipinski definition) is 4. The molecule has 1 atom stereocenters. The van der Waals surface area contributed by atoms with Crippen molar-refractivity contribution in [2.24, 2.45) is 5.73 Å². The van der Waals surface area contributed by atoms with Crippen LogP contribution in [-0.2, 0) is 14.3 Å². The van der Waals surface area contributed by atoms with Crippen LogP contribution in [0.15, 0.2) is 0 Å². The molecule has 1 rings (SSSR count). The first-order valence-electron chi connectivity index (χ1n) is 4.18. The van der Waals surface area contributed by atoms with Crippen molar-refractivity contribution in [3.63, 3.8) is 0 Å². The fraction of sp³-hybridized carbons (Fsp3) is 0.875. The van der Waals surface area contributed by atoms with Crippen molar-refractivity contribution in [1.82, 2.24) is 0 Å². The maximum Gasteiger partial charge on any atom is 0.307 e. The number of carbonyl (C=O) groups excluding carboxylic acids is 1. The van der Waals surface area contributed by atoms with Gasteiger partial charge in [-0.2, -0.15) is 0 Å². The fourth-order valence-electron chi connectivity index (χ4n) is 1.26. The standard InChI is InChI=1S/C8H15NO3/c1-2-12-7(10)5-8(9)3-4-11-6-8/h2-6,9H2,1H3. The first-order valence-corrected chi connectivity index (χ1v) is 4.18. The summed E-state index contributed by atoms with van der Waals surface area (Å²) >= 11 is 0. The van der Waals surface area contributed by atoms with E-state index in [0.29, 0.717) is 19.8 Å². The van der Waals surface area contributed by atoms with E-state index < -0.39 is 5.54 Å². The summed E-state index contributed by atoms with van der Waals surface area (Å²) in [4.78, 5) is 11.0. The average Bonchev–Trinajstić information content (AvgIpc) is 2.36. The molecule has 0 aromatic rings. The third-order valence-corrected chi connectivity index (χ3v) is 1.94. The average molecular weight is 173 g/mol. The summed E-state index contributed by atoms with van der Waals surface area (Å²) < 4.78 is 9.90. The van der Waals surface area contributed by atoms with Crippen molar-refractivity contribution in [2.45, 2.75) is 25.3 Å². The molecule has 0 saturated carbocycles. The van der Waals surface area contributed by atoms with E-state index in [1.807, 2.05) is 0 Å². The molecule has 1 aliphatic heterocycles. The predicted octanol–water partition coefficient (Wildman–Crippen LogP) is 0.0574. The highest BCUT2D eigenvalue weighted by Gasteiger charge is 2.33. The van der Waals surface area contributed by atoms with E-state index in [2.05, 4.69) is 0 Å². The minimum absolute atomic E-state index is 0.231. The molecule has 0 aliphatic carbocycles. The van der Waals surface area contributed by atoms with E-state index >= 15 is 0 Å². The summed E-state index contributed by atoms with van der Waals surface area (Å²) in [6.45, 7) is 3.31. The fourth-order valence-corrected chi connectivity index (χ4v) is 1.26. The SMILES string of the molecule is CCOC(=O)CC1(N)CCOC1. The predicted molar refractivity (Wildman–Crippen MR) is 43.6 cm³/mol. The van der Waals surface area contributed by atoms with Gasteiger partial charge in [0.05, 0.1) is 25.2 Å². The van der Waals surface area contributed by atoms with Gasteiger partial charge in [0.25, 0.3) is 0 Å². The zero-order chi connectivity index (χ0) is 9.03. The van der Waals surface area contributed by atoms with Gasteiger partial charge >= 0.3 is 5.97 Å². The Kier molecular flexibility index (Phi) is 3.05. The molecule has 1 saturated heterocycles. The smallest absolute Gasteiger partial charge is 0.307 e. The lowest BCUT2D eigenvalue weighted by atomic mass is 9.96. The van der Waals surface area contributed by atoms with Gasteiger partial charge in [0.2, 0.25) is 0 Å². The monoisotopic (exact) mass is 173 g/mol. The minimum Gasteiger partial charge on any atom is -0.466 e. The molecule has 1 fully saturated rings. The molecule has 1 heterocycles.